The Balaban J connectivity index is 1.57. The first-order valence-corrected chi connectivity index (χ1v) is 8.85. The normalized spacial score (nSPS) is 16.1. The molecule has 7 nitrogen and oxygen atoms in total. The van der Waals surface area contributed by atoms with Crippen molar-refractivity contribution in [2.75, 3.05) is 26.4 Å². The average molecular weight is 367 g/mol. The fourth-order valence-electron chi connectivity index (χ4n) is 3.47. The standard InChI is InChI=1S/C20H21N3O4/c1-13-9-15(3-6-20(25)22-8-7-21-19(24)11-22)14(2)23(13)16-4-5-17-18(10-16)27-12-26-17/h3-6,9-10H,7-8,11-12H2,1-2H3,(H,21,24). The number of amides is 2. The molecule has 1 N–H and O–H groups in total. The molecule has 1 fully saturated rings. The van der Waals surface area contributed by atoms with Crippen LogP contribution in [0.3, 0.4) is 0 Å². The van der Waals surface area contributed by atoms with Gasteiger partial charge in [0.15, 0.2) is 11.5 Å². The Labute approximate surface area is 157 Å². The number of nitrogens with zero attached hydrogens (tertiary/aromatic N) is 2. The molecular formula is C20H21N3O4. The lowest BCUT2D eigenvalue weighted by Gasteiger charge is -2.25. The molecule has 0 atom stereocenters. The predicted molar refractivity (Wildman–Crippen MR) is 100.0 cm³/mol. The molecular weight excluding hydrogens is 346 g/mol. The molecule has 0 bridgehead atoms. The summed E-state index contributed by atoms with van der Waals surface area (Å²) in [4.78, 5) is 25.3. The van der Waals surface area contributed by atoms with E-state index in [9.17, 15) is 9.59 Å². The predicted octanol–water partition coefficient (Wildman–Crippen LogP) is 1.79. The minimum absolute atomic E-state index is 0.111. The van der Waals surface area contributed by atoms with E-state index in [0.29, 0.717) is 13.1 Å². The van der Waals surface area contributed by atoms with E-state index in [-0.39, 0.29) is 25.2 Å². The second-order valence-electron chi connectivity index (χ2n) is 6.64. The van der Waals surface area contributed by atoms with Crippen LogP contribution in [0.2, 0.25) is 0 Å². The van der Waals surface area contributed by atoms with Gasteiger partial charge in [0, 0.05) is 42.3 Å². The molecule has 1 saturated heterocycles. The molecule has 140 valence electrons. The molecule has 27 heavy (non-hydrogen) atoms. The van der Waals surface area contributed by atoms with E-state index >= 15 is 0 Å². The van der Waals surface area contributed by atoms with Gasteiger partial charge in [0.05, 0.1) is 6.54 Å². The fraction of sp³-hybridized carbons (Fsp3) is 0.300. The number of nitrogens with one attached hydrogen (secondary N) is 1. The molecule has 0 saturated carbocycles. The summed E-state index contributed by atoms with van der Waals surface area (Å²) in [5.41, 5.74) is 4.01. The van der Waals surface area contributed by atoms with Crippen molar-refractivity contribution in [3.63, 3.8) is 0 Å². The van der Waals surface area contributed by atoms with Gasteiger partial charge in [-0.3, -0.25) is 9.59 Å². The molecule has 2 amide bonds. The summed E-state index contributed by atoms with van der Waals surface area (Å²) in [5.74, 6) is 1.20. The van der Waals surface area contributed by atoms with Crippen LogP contribution >= 0.6 is 0 Å². The van der Waals surface area contributed by atoms with Crippen molar-refractivity contribution in [1.29, 1.82) is 0 Å². The van der Waals surface area contributed by atoms with E-state index in [0.717, 1.165) is 34.1 Å². The third-order valence-electron chi connectivity index (χ3n) is 4.84. The van der Waals surface area contributed by atoms with E-state index in [2.05, 4.69) is 9.88 Å². The van der Waals surface area contributed by atoms with Crippen LogP contribution in [-0.2, 0) is 9.59 Å². The third kappa shape index (κ3) is 3.28. The van der Waals surface area contributed by atoms with Crippen molar-refractivity contribution in [3.8, 4) is 17.2 Å². The van der Waals surface area contributed by atoms with Gasteiger partial charge in [0.25, 0.3) is 0 Å². The zero-order chi connectivity index (χ0) is 19.0. The van der Waals surface area contributed by atoms with Crippen molar-refractivity contribution in [3.05, 3.63) is 47.3 Å². The van der Waals surface area contributed by atoms with Gasteiger partial charge in [-0.2, -0.15) is 0 Å². The molecule has 7 heteroatoms. The van der Waals surface area contributed by atoms with Crippen molar-refractivity contribution < 1.29 is 19.1 Å². The van der Waals surface area contributed by atoms with Gasteiger partial charge < -0.3 is 24.3 Å². The molecule has 3 heterocycles. The smallest absolute Gasteiger partial charge is 0.247 e. The Morgan fingerprint density at radius 2 is 2.00 bits per heavy atom. The zero-order valence-electron chi connectivity index (χ0n) is 15.3. The van der Waals surface area contributed by atoms with Gasteiger partial charge >= 0.3 is 0 Å². The molecule has 0 aliphatic carbocycles. The number of benzene rings is 1. The van der Waals surface area contributed by atoms with Crippen molar-refractivity contribution in [2.24, 2.45) is 0 Å². The number of hydrogen-bond donors (Lipinski definition) is 1. The Hall–Kier alpha value is -3.22. The number of carbonyl (C=O) groups is 2. The van der Waals surface area contributed by atoms with Crippen LogP contribution in [0.1, 0.15) is 17.0 Å². The first-order valence-electron chi connectivity index (χ1n) is 8.85. The zero-order valence-corrected chi connectivity index (χ0v) is 15.3. The number of hydrogen-bond acceptors (Lipinski definition) is 4. The van der Waals surface area contributed by atoms with Crippen LogP contribution in [0.5, 0.6) is 11.5 Å². The lowest BCUT2D eigenvalue weighted by Crippen LogP contribution is -2.49. The van der Waals surface area contributed by atoms with E-state index in [1.807, 2.05) is 38.1 Å². The summed E-state index contributed by atoms with van der Waals surface area (Å²) in [5, 5.41) is 2.72. The lowest BCUT2D eigenvalue weighted by atomic mass is 10.2. The van der Waals surface area contributed by atoms with E-state index in [1.165, 1.54) is 6.08 Å². The largest absolute Gasteiger partial charge is 0.454 e. The molecule has 4 rings (SSSR count). The summed E-state index contributed by atoms with van der Waals surface area (Å²) >= 11 is 0. The Kier molecular flexibility index (Phi) is 4.35. The Bertz CT molecular complexity index is 945. The first kappa shape index (κ1) is 17.2. The summed E-state index contributed by atoms with van der Waals surface area (Å²) in [7, 11) is 0. The van der Waals surface area contributed by atoms with E-state index in [4.69, 9.17) is 9.47 Å². The third-order valence-corrected chi connectivity index (χ3v) is 4.84. The topological polar surface area (TPSA) is 72.8 Å². The quantitative estimate of drug-likeness (QED) is 0.840. The number of rotatable bonds is 3. The molecule has 0 radical (unpaired) electrons. The number of fused-ring (bicyclic) bond motifs is 1. The number of ether oxygens (including phenoxy) is 2. The minimum atomic E-state index is -0.155. The van der Waals surface area contributed by atoms with Gasteiger partial charge in [0.2, 0.25) is 18.6 Å². The fourth-order valence-corrected chi connectivity index (χ4v) is 3.47. The summed E-state index contributed by atoms with van der Waals surface area (Å²) in [6.07, 6.45) is 3.34. The first-order chi connectivity index (χ1) is 13.0. The Morgan fingerprint density at radius 3 is 2.81 bits per heavy atom. The van der Waals surface area contributed by atoms with Crippen LogP contribution in [0.15, 0.2) is 30.3 Å². The van der Waals surface area contributed by atoms with Crippen molar-refractivity contribution >= 4 is 17.9 Å². The van der Waals surface area contributed by atoms with Crippen LogP contribution in [0.4, 0.5) is 0 Å². The van der Waals surface area contributed by atoms with E-state index in [1.54, 1.807) is 11.0 Å². The van der Waals surface area contributed by atoms with Gasteiger partial charge in [-0.15, -0.1) is 0 Å². The van der Waals surface area contributed by atoms with E-state index < -0.39 is 0 Å². The maximum Gasteiger partial charge on any atom is 0.247 e. The number of carbonyl (C=O) groups excluding carboxylic acids is 2. The molecule has 1 aromatic carbocycles. The number of aromatic nitrogens is 1. The second kappa shape index (κ2) is 6.83. The summed E-state index contributed by atoms with van der Waals surface area (Å²) in [6, 6.07) is 7.87. The SMILES string of the molecule is Cc1cc(C=CC(=O)N2CCNC(=O)C2)c(C)n1-c1ccc2c(c1)OCO2. The maximum atomic E-state index is 12.3. The van der Waals surface area contributed by atoms with Gasteiger partial charge in [-0.1, -0.05) is 0 Å². The molecule has 2 aliphatic rings. The van der Waals surface area contributed by atoms with Crippen molar-refractivity contribution in [1.82, 2.24) is 14.8 Å². The maximum absolute atomic E-state index is 12.3. The molecule has 0 spiro atoms. The highest BCUT2D eigenvalue weighted by Gasteiger charge is 2.20. The summed E-state index contributed by atoms with van der Waals surface area (Å²) in [6.45, 7) is 5.41. The molecule has 2 aromatic rings. The highest BCUT2D eigenvalue weighted by Crippen LogP contribution is 2.35. The van der Waals surface area contributed by atoms with Crippen LogP contribution < -0.4 is 14.8 Å². The van der Waals surface area contributed by atoms with Crippen LogP contribution in [0, 0.1) is 13.8 Å². The van der Waals surface area contributed by atoms with Crippen molar-refractivity contribution in [2.45, 2.75) is 13.8 Å². The average Bonchev–Trinajstić information content (AvgIpc) is 3.23. The van der Waals surface area contributed by atoms with Gasteiger partial charge in [-0.05, 0) is 43.7 Å². The molecule has 0 unspecified atom stereocenters. The summed E-state index contributed by atoms with van der Waals surface area (Å²) < 4.78 is 13.0. The van der Waals surface area contributed by atoms with Gasteiger partial charge in [0.1, 0.15) is 0 Å². The molecule has 1 aromatic heterocycles. The Morgan fingerprint density at radius 1 is 1.19 bits per heavy atom. The minimum Gasteiger partial charge on any atom is -0.454 e. The lowest BCUT2D eigenvalue weighted by molar-refractivity contribution is -0.134. The van der Waals surface area contributed by atoms with Crippen LogP contribution in [0.25, 0.3) is 11.8 Å². The number of aryl methyl sites for hydroxylation is 1. The number of piperazine rings is 1. The molecule has 2 aliphatic heterocycles. The second-order valence-corrected chi connectivity index (χ2v) is 6.64. The monoisotopic (exact) mass is 367 g/mol. The van der Waals surface area contributed by atoms with Gasteiger partial charge in [-0.25, -0.2) is 0 Å². The highest BCUT2D eigenvalue weighted by molar-refractivity contribution is 5.95. The van der Waals surface area contributed by atoms with Crippen LogP contribution in [-0.4, -0.2) is 47.7 Å². The highest BCUT2D eigenvalue weighted by atomic mass is 16.7.